The van der Waals surface area contributed by atoms with Crippen molar-refractivity contribution >= 4 is 28.0 Å². The molecule has 0 saturated carbocycles. The maximum atomic E-state index is 12.8. The largest absolute Gasteiger partial charge is 0.731 e. The Bertz CT molecular complexity index is 766. The van der Waals surface area contributed by atoms with Crippen LogP contribution in [0.2, 0.25) is 0 Å². The van der Waals surface area contributed by atoms with Crippen LogP contribution in [-0.2, 0) is 19.8 Å². The summed E-state index contributed by atoms with van der Waals surface area (Å²) >= 11 is 0. The zero-order valence-corrected chi connectivity index (χ0v) is 14.1. The van der Waals surface area contributed by atoms with Crippen molar-refractivity contribution < 1.29 is 36.8 Å². The fraction of sp³-hybridized carbons (Fsp3) is 0.429. The van der Waals surface area contributed by atoms with Gasteiger partial charge in [-0.3, -0.25) is 10.1 Å². The first-order chi connectivity index (χ1) is 11.5. The summed E-state index contributed by atoms with van der Waals surface area (Å²) in [5, 5.41) is 11.9. The van der Waals surface area contributed by atoms with Gasteiger partial charge in [0, 0.05) is 5.69 Å². The summed E-state index contributed by atoms with van der Waals surface area (Å²) in [7, 11) is -5.11. The van der Waals surface area contributed by atoms with Crippen molar-refractivity contribution in [2.45, 2.75) is 32.1 Å². The van der Waals surface area contributed by atoms with Crippen molar-refractivity contribution in [3.8, 4) is 0 Å². The van der Waals surface area contributed by atoms with E-state index < -0.39 is 52.3 Å². The number of halogens is 1. The molecule has 1 heterocycles. The number of amides is 2. The van der Waals surface area contributed by atoms with Crippen LogP contribution in [0, 0.1) is 11.7 Å². The molecule has 1 aromatic rings. The Morgan fingerprint density at radius 2 is 1.92 bits per heavy atom. The number of carbonyl (C=O) groups is 2. The Kier molecular flexibility index (Phi) is 5.30. The second kappa shape index (κ2) is 6.94. The molecule has 0 radical (unpaired) electrons. The summed E-state index contributed by atoms with van der Waals surface area (Å²) in [6.45, 7) is 2.55. The Hall–Kier alpha value is -2.24. The van der Waals surface area contributed by atoms with E-state index in [1.165, 1.54) is 26.0 Å². The highest BCUT2D eigenvalue weighted by molar-refractivity contribution is 7.84. The van der Waals surface area contributed by atoms with Gasteiger partial charge in [-0.2, -0.15) is 0 Å². The standard InChI is InChI=1S/C14H17FN2O7S/c1-7(18)11-12(17(13(11)19)25(21,22)23)8(2)24-14(20)16-10-5-3-9(15)4-6-10/h3-8,11-12,18H,1-2H3,(H,16,20)(H,21,22,23)/p-1/t7-,8+,11-,12-/m1/s1. The molecule has 0 aliphatic carbocycles. The lowest BCUT2D eigenvalue weighted by molar-refractivity contribution is -0.160. The van der Waals surface area contributed by atoms with Gasteiger partial charge in [0.2, 0.25) is 5.91 Å². The number of nitrogens with one attached hydrogen (secondary N) is 1. The van der Waals surface area contributed by atoms with Crippen molar-refractivity contribution in [1.82, 2.24) is 4.31 Å². The molecule has 2 rings (SSSR count). The average Bonchev–Trinajstić information content (AvgIpc) is 2.44. The molecule has 0 aromatic heterocycles. The van der Waals surface area contributed by atoms with Crippen LogP contribution in [0.5, 0.6) is 0 Å². The third-order valence-corrected chi connectivity index (χ3v) is 4.67. The third-order valence-electron chi connectivity index (χ3n) is 3.77. The monoisotopic (exact) mass is 375 g/mol. The van der Waals surface area contributed by atoms with Crippen molar-refractivity contribution in [2.75, 3.05) is 5.32 Å². The molecular weight excluding hydrogens is 359 g/mol. The van der Waals surface area contributed by atoms with E-state index in [-0.39, 0.29) is 9.99 Å². The number of rotatable bonds is 5. The molecule has 9 nitrogen and oxygen atoms in total. The van der Waals surface area contributed by atoms with Gasteiger partial charge in [-0.25, -0.2) is 21.9 Å². The molecule has 1 aliphatic heterocycles. The van der Waals surface area contributed by atoms with E-state index in [1.807, 2.05) is 0 Å². The quantitative estimate of drug-likeness (QED) is 0.562. The topological polar surface area (TPSA) is 136 Å². The lowest BCUT2D eigenvalue weighted by atomic mass is 9.83. The lowest BCUT2D eigenvalue weighted by Crippen LogP contribution is -2.69. The lowest BCUT2D eigenvalue weighted by Gasteiger charge is -2.50. The van der Waals surface area contributed by atoms with Crippen LogP contribution in [0.4, 0.5) is 14.9 Å². The number of benzene rings is 1. The molecule has 0 unspecified atom stereocenters. The predicted octanol–water partition coefficient (Wildman–Crippen LogP) is 0.431. The van der Waals surface area contributed by atoms with Gasteiger partial charge in [-0.15, -0.1) is 0 Å². The molecule has 1 saturated heterocycles. The first kappa shape index (κ1) is 19.1. The van der Waals surface area contributed by atoms with Crippen LogP contribution >= 0.6 is 0 Å². The normalized spacial score (nSPS) is 22.8. The van der Waals surface area contributed by atoms with Crippen LogP contribution in [0.1, 0.15) is 13.8 Å². The van der Waals surface area contributed by atoms with Crippen LogP contribution < -0.4 is 5.32 Å². The van der Waals surface area contributed by atoms with Gasteiger partial charge in [0.1, 0.15) is 11.9 Å². The van der Waals surface area contributed by atoms with E-state index in [9.17, 15) is 32.1 Å². The molecule has 0 bridgehead atoms. The van der Waals surface area contributed by atoms with E-state index >= 15 is 0 Å². The Morgan fingerprint density at radius 1 is 1.36 bits per heavy atom. The maximum absolute atomic E-state index is 12.8. The van der Waals surface area contributed by atoms with E-state index in [0.29, 0.717) is 0 Å². The second-order valence-corrected chi connectivity index (χ2v) is 6.84. The van der Waals surface area contributed by atoms with Gasteiger partial charge in [0.25, 0.3) is 0 Å². The zero-order valence-electron chi connectivity index (χ0n) is 13.2. The fourth-order valence-corrected chi connectivity index (χ4v) is 3.60. The average molecular weight is 375 g/mol. The molecule has 1 fully saturated rings. The summed E-state index contributed by atoms with van der Waals surface area (Å²) in [6, 6.07) is 3.47. The molecule has 1 aliphatic rings. The number of aliphatic hydroxyl groups is 1. The summed E-state index contributed by atoms with van der Waals surface area (Å²) in [5.41, 5.74) is 0.226. The second-order valence-electron chi connectivity index (χ2n) is 5.59. The van der Waals surface area contributed by atoms with Crippen molar-refractivity contribution in [3.63, 3.8) is 0 Å². The first-order valence-corrected chi connectivity index (χ1v) is 8.59. The number of hydrogen-bond acceptors (Lipinski definition) is 7. The SMILES string of the molecule is C[C@H](OC(=O)Nc1ccc(F)cc1)[C@@H]1[C@@H]([C@@H](C)O)C(=O)N1S(=O)(=O)[O-]. The third kappa shape index (κ3) is 4.06. The summed E-state index contributed by atoms with van der Waals surface area (Å²) in [6.07, 6.45) is -3.42. The van der Waals surface area contributed by atoms with Gasteiger partial charge >= 0.3 is 6.09 Å². The van der Waals surface area contributed by atoms with E-state index in [1.54, 1.807) is 0 Å². The number of anilines is 1. The van der Waals surface area contributed by atoms with Crippen molar-refractivity contribution in [2.24, 2.45) is 5.92 Å². The molecule has 11 heteroatoms. The minimum atomic E-state index is -5.11. The number of nitrogens with zero attached hydrogens (tertiary/aromatic N) is 1. The number of carbonyl (C=O) groups excluding carboxylic acids is 2. The van der Waals surface area contributed by atoms with Crippen molar-refractivity contribution in [1.29, 1.82) is 0 Å². The fourth-order valence-electron chi connectivity index (χ4n) is 2.66. The van der Waals surface area contributed by atoms with Gasteiger partial charge in [0.15, 0.2) is 10.3 Å². The minimum Gasteiger partial charge on any atom is -0.731 e. The van der Waals surface area contributed by atoms with Crippen molar-refractivity contribution in [3.05, 3.63) is 30.1 Å². The molecule has 1 aromatic carbocycles. The van der Waals surface area contributed by atoms with Gasteiger partial charge in [0.05, 0.1) is 18.1 Å². The molecule has 0 spiro atoms. The van der Waals surface area contributed by atoms with E-state index in [4.69, 9.17) is 4.74 Å². The Labute approximate surface area is 143 Å². The molecule has 138 valence electrons. The Morgan fingerprint density at radius 3 is 2.40 bits per heavy atom. The summed E-state index contributed by atoms with van der Waals surface area (Å²) in [4.78, 5) is 23.6. The maximum Gasteiger partial charge on any atom is 0.411 e. The van der Waals surface area contributed by atoms with Crippen LogP contribution in [-0.4, -0.2) is 52.6 Å². The van der Waals surface area contributed by atoms with Gasteiger partial charge in [-0.05, 0) is 38.1 Å². The molecule has 4 atom stereocenters. The van der Waals surface area contributed by atoms with E-state index in [2.05, 4.69) is 5.32 Å². The first-order valence-electron chi connectivity index (χ1n) is 7.22. The highest BCUT2D eigenvalue weighted by Gasteiger charge is 2.56. The Balaban J connectivity index is 2.08. The van der Waals surface area contributed by atoms with Crippen LogP contribution in [0.3, 0.4) is 0 Å². The van der Waals surface area contributed by atoms with Gasteiger partial charge < -0.3 is 14.4 Å². The summed E-state index contributed by atoms with van der Waals surface area (Å²) < 4.78 is 51.4. The zero-order chi connectivity index (χ0) is 18.9. The predicted molar refractivity (Wildman–Crippen MR) is 81.5 cm³/mol. The van der Waals surface area contributed by atoms with Gasteiger partial charge in [-0.1, -0.05) is 0 Å². The van der Waals surface area contributed by atoms with E-state index in [0.717, 1.165) is 12.1 Å². The molecule has 25 heavy (non-hydrogen) atoms. The molecule has 2 amide bonds. The highest BCUT2D eigenvalue weighted by Crippen LogP contribution is 2.35. The number of hydrogen-bond donors (Lipinski definition) is 2. The van der Waals surface area contributed by atoms with Crippen LogP contribution in [0.25, 0.3) is 0 Å². The highest BCUT2D eigenvalue weighted by atomic mass is 32.2. The number of aliphatic hydroxyl groups excluding tert-OH is 1. The minimum absolute atomic E-state index is 0.0558. The number of ether oxygens (including phenoxy) is 1. The number of β-lactam (4-membered cyclic amide) rings is 1. The van der Waals surface area contributed by atoms with Crippen LogP contribution in [0.15, 0.2) is 24.3 Å². The molecular formula is C14H16FN2O7S-. The smallest absolute Gasteiger partial charge is 0.411 e. The molecule has 2 N–H and O–H groups in total. The summed E-state index contributed by atoms with van der Waals surface area (Å²) in [5.74, 6) is -2.74.